The van der Waals surface area contributed by atoms with Gasteiger partial charge in [0.15, 0.2) is 0 Å². The minimum Gasteiger partial charge on any atom is -0.299 e. The molecule has 0 atom stereocenters. The monoisotopic (exact) mass is 421 g/mol. The van der Waals surface area contributed by atoms with Crippen LogP contribution in [0.3, 0.4) is 0 Å². The van der Waals surface area contributed by atoms with Crippen molar-refractivity contribution in [1.82, 2.24) is 9.62 Å². The molecule has 1 aliphatic heterocycles. The summed E-state index contributed by atoms with van der Waals surface area (Å²) in [5, 5.41) is 11.0. The molecule has 1 heterocycles. The summed E-state index contributed by atoms with van der Waals surface area (Å²) in [7, 11) is -3.74. The van der Waals surface area contributed by atoms with E-state index in [4.69, 9.17) is 0 Å². The predicted molar refractivity (Wildman–Crippen MR) is 108 cm³/mol. The molecule has 0 saturated heterocycles. The smallest absolute Gasteiger partial charge is 0.269 e. The van der Waals surface area contributed by atoms with E-state index in [1.807, 2.05) is 6.07 Å². The molecule has 29 heavy (non-hydrogen) atoms. The van der Waals surface area contributed by atoms with E-state index in [0.29, 0.717) is 18.5 Å². The lowest BCUT2D eigenvalue weighted by Crippen LogP contribution is -2.32. The van der Waals surface area contributed by atoms with Gasteiger partial charge in [-0.1, -0.05) is 12.1 Å². The van der Waals surface area contributed by atoms with Gasteiger partial charge in [-0.2, -0.15) is 0 Å². The molecule has 0 aromatic heterocycles. The Kier molecular flexibility index (Phi) is 6.61. The molecule has 7 nitrogen and oxygen atoms in total. The maximum absolute atomic E-state index is 13.4. The van der Waals surface area contributed by atoms with Crippen LogP contribution in [0.25, 0.3) is 0 Å². The quantitative estimate of drug-likeness (QED) is 0.402. The first kappa shape index (κ1) is 21.4. The number of rotatable bonds is 8. The number of nitrogens with one attached hydrogen (secondary N) is 1. The standard InChI is InChI=1S/C20H24FN3O4S/c1-15-4-6-18(21)13-20(15)29(27,28)22-9-2-3-10-23-11-8-16-5-7-19(24(25)26)12-17(16)14-23/h4-7,12-13,22H,2-3,8-11,14H2,1H3. The fourth-order valence-corrected chi connectivity index (χ4v) is 4.84. The molecular formula is C20H24FN3O4S. The van der Waals surface area contributed by atoms with E-state index in [1.54, 1.807) is 19.1 Å². The first-order valence-electron chi connectivity index (χ1n) is 9.50. The van der Waals surface area contributed by atoms with Crippen LogP contribution in [0, 0.1) is 22.9 Å². The Morgan fingerprint density at radius 1 is 1.17 bits per heavy atom. The fraction of sp³-hybridized carbons (Fsp3) is 0.400. The van der Waals surface area contributed by atoms with Gasteiger partial charge in [-0.25, -0.2) is 17.5 Å². The van der Waals surface area contributed by atoms with Gasteiger partial charge in [0.2, 0.25) is 10.0 Å². The number of nitro benzene ring substituents is 1. The minimum absolute atomic E-state index is 0.0354. The van der Waals surface area contributed by atoms with Crippen LogP contribution >= 0.6 is 0 Å². The molecule has 0 radical (unpaired) electrons. The first-order valence-corrected chi connectivity index (χ1v) is 11.0. The van der Waals surface area contributed by atoms with Crippen LogP contribution in [0.1, 0.15) is 29.5 Å². The highest BCUT2D eigenvalue weighted by Crippen LogP contribution is 2.24. The van der Waals surface area contributed by atoms with Gasteiger partial charge in [-0.15, -0.1) is 0 Å². The molecule has 0 spiro atoms. The summed E-state index contributed by atoms with van der Waals surface area (Å²) in [6.07, 6.45) is 2.28. The van der Waals surface area contributed by atoms with Crippen LogP contribution in [0.15, 0.2) is 41.3 Å². The number of hydrogen-bond donors (Lipinski definition) is 1. The summed E-state index contributed by atoms with van der Waals surface area (Å²) in [5.74, 6) is -0.582. The minimum atomic E-state index is -3.74. The van der Waals surface area contributed by atoms with Crippen LogP contribution in [0.5, 0.6) is 0 Å². The van der Waals surface area contributed by atoms with Crippen LogP contribution < -0.4 is 4.72 Å². The number of sulfonamides is 1. The number of unbranched alkanes of at least 4 members (excludes halogenated alkanes) is 1. The molecule has 0 aliphatic carbocycles. The van der Waals surface area contributed by atoms with Gasteiger partial charge >= 0.3 is 0 Å². The Morgan fingerprint density at radius 3 is 2.72 bits per heavy atom. The van der Waals surface area contributed by atoms with Crippen molar-refractivity contribution in [1.29, 1.82) is 0 Å². The molecular weight excluding hydrogens is 397 g/mol. The van der Waals surface area contributed by atoms with E-state index in [0.717, 1.165) is 43.1 Å². The summed E-state index contributed by atoms with van der Waals surface area (Å²) in [4.78, 5) is 12.8. The Hall–Kier alpha value is -2.36. The molecule has 0 amide bonds. The summed E-state index contributed by atoms with van der Waals surface area (Å²) in [6.45, 7) is 4.22. The van der Waals surface area contributed by atoms with E-state index in [-0.39, 0.29) is 22.1 Å². The molecule has 0 fully saturated rings. The van der Waals surface area contributed by atoms with Crippen molar-refractivity contribution < 1.29 is 17.7 Å². The number of non-ortho nitro benzene ring substituents is 1. The zero-order valence-electron chi connectivity index (χ0n) is 16.2. The number of nitrogens with zero attached hydrogens (tertiary/aromatic N) is 2. The van der Waals surface area contributed by atoms with Crippen LogP contribution in [-0.2, 0) is 23.0 Å². The third kappa shape index (κ3) is 5.37. The second-order valence-electron chi connectivity index (χ2n) is 7.25. The molecule has 156 valence electrons. The van der Waals surface area contributed by atoms with Gasteiger partial charge in [-0.3, -0.25) is 15.0 Å². The largest absolute Gasteiger partial charge is 0.299 e. The zero-order valence-corrected chi connectivity index (χ0v) is 17.0. The maximum atomic E-state index is 13.4. The van der Waals surface area contributed by atoms with Crippen LogP contribution in [0.4, 0.5) is 10.1 Å². The van der Waals surface area contributed by atoms with Crippen molar-refractivity contribution in [2.45, 2.75) is 37.6 Å². The molecule has 1 aliphatic rings. The Labute approximate surface area is 169 Å². The van der Waals surface area contributed by atoms with E-state index < -0.39 is 15.8 Å². The number of nitro groups is 1. The van der Waals surface area contributed by atoms with E-state index >= 15 is 0 Å². The number of halogens is 1. The topological polar surface area (TPSA) is 92.6 Å². The molecule has 0 bridgehead atoms. The number of benzene rings is 2. The SMILES string of the molecule is Cc1ccc(F)cc1S(=O)(=O)NCCCCN1CCc2ccc([N+](=O)[O-])cc2C1. The average molecular weight is 421 g/mol. The van der Waals surface area contributed by atoms with Gasteiger partial charge in [0, 0.05) is 31.8 Å². The van der Waals surface area contributed by atoms with Crippen LogP contribution in [0.2, 0.25) is 0 Å². The molecule has 2 aromatic carbocycles. The first-order chi connectivity index (χ1) is 13.8. The van der Waals surface area contributed by atoms with Crippen molar-refractivity contribution in [3.63, 3.8) is 0 Å². The van der Waals surface area contributed by atoms with Gasteiger partial charge < -0.3 is 0 Å². The molecule has 3 rings (SSSR count). The van der Waals surface area contributed by atoms with Gasteiger partial charge in [0.05, 0.1) is 9.82 Å². The fourth-order valence-electron chi connectivity index (χ4n) is 3.51. The summed E-state index contributed by atoms with van der Waals surface area (Å²) in [6, 6.07) is 8.72. The number of fused-ring (bicyclic) bond motifs is 1. The van der Waals surface area contributed by atoms with Crippen molar-refractivity contribution in [2.24, 2.45) is 0 Å². The molecule has 1 N–H and O–H groups in total. The summed E-state index contributed by atoms with van der Waals surface area (Å²) in [5.41, 5.74) is 2.73. The van der Waals surface area contributed by atoms with Crippen molar-refractivity contribution in [3.05, 3.63) is 69.0 Å². The Balaban J connectivity index is 1.47. The molecule has 0 unspecified atom stereocenters. The van der Waals surface area contributed by atoms with E-state index in [2.05, 4.69) is 9.62 Å². The summed E-state index contributed by atoms with van der Waals surface area (Å²) >= 11 is 0. The number of aryl methyl sites for hydroxylation is 1. The highest BCUT2D eigenvalue weighted by Gasteiger charge is 2.19. The maximum Gasteiger partial charge on any atom is 0.269 e. The Morgan fingerprint density at radius 2 is 1.97 bits per heavy atom. The highest BCUT2D eigenvalue weighted by molar-refractivity contribution is 7.89. The zero-order chi connectivity index (χ0) is 21.0. The van der Waals surface area contributed by atoms with E-state index in [9.17, 15) is 22.9 Å². The van der Waals surface area contributed by atoms with Gasteiger partial charge in [0.1, 0.15) is 5.82 Å². The van der Waals surface area contributed by atoms with Gasteiger partial charge in [0.25, 0.3) is 5.69 Å². The highest BCUT2D eigenvalue weighted by atomic mass is 32.2. The number of hydrogen-bond acceptors (Lipinski definition) is 5. The third-order valence-corrected chi connectivity index (χ3v) is 6.73. The lowest BCUT2D eigenvalue weighted by molar-refractivity contribution is -0.385. The van der Waals surface area contributed by atoms with Crippen LogP contribution in [-0.4, -0.2) is 37.9 Å². The van der Waals surface area contributed by atoms with Crippen molar-refractivity contribution >= 4 is 15.7 Å². The lowest BCUT2D eigenvalue weighted by Gasteiger charge is -2.28. The Bertz CT molecular complexity index is 1010. The normalized spacial score (nSPS) is 14.6. The lowest BCUT2D eigenvalue weighted by atomic mass is 9.99. The molecule has 9 heteroatoms. The third-order valence-electron chi connectivity index (χ3n) is 5.12. The average Bonchev–Trinajstić information content (AvgIpc) is 2.68. The van der Waals surface area contributed by atoms with E-state index in [1.165, 1.54) is 12.1 Å². The molecule has 0 saturated carbocycles. The molecule has 2 aromatic rings. The predicted octanol–water partition coefficient (Wildman–Crippen LogP) is 3.16. The second kappa shape index (κ2) is 8.98. The van der Waals surface area contributed by atoms with Gasteiger partial charge in [-0.05, 0) is 61.6 Å². The van der Waals surface area contributed by atoms with Crippen molar-refractivity contribution in [3.8, 4) is 0 Å². The van der Waals surface area contributed by atoms with Crippen molar-refractivity contribution in [2.75, 3.05) is 19.6 Å². The second-order valence-corrected chi connectivity index (χ2v) is 8.99. The summed E-state index contributed by atoms with van der Waals surface area (Å²) < 4.78 is 40.6.